The molecule has 0 unspecified atom stereocenters. The van der Waals surface area contributed by atoms with Gasteiger partial charge in [0, 0.05) is 10.6 Å². The third-order valence-electron chi connectivity index (χ3n) is 6.93. The van der Waals surface area contributed by atoms with Crippen LogP contribution in [0.1, 0.15) is 33.3 Å². The molecule has 0 N–H and O–H groups in total. The average molecular weight is 555 g/mol. The number of nitro groups is 1. The van der Waals surface area contributed by atoms with Crippen LogP contribution in [-0.4, -0.2) is 33.3 Å². The first-order valence-electron chi connectivity index (χ1n) is 12.9. The van der Waals surface area contributed by atoms with Crippen molar-refractivity contribution in [3.63, 3.8) is 0 Å². The van der Waals surface area contributed by atoms with Gasteiger partial charge in [-0.2, -0.15) is 0 Å². The zero-order chi connectivity index (χ0) is 28.2. The number of nitrogens with zero attached hydrogens (tertiary/aromatic N) is 4. The third kappa shape index (κ3) is 5.79. The summed E-state index contributed by atoms with van der Waals surface area (Å²) in [5.74, 6) is 1.79. The predicted octanol–water partition coefficient (Wildman–Crippen LogP) is 7.04. The molecule has 0 spiro atoms. The van der Waals surface area contributed by atoms with E-state index in [1.807, 2.05) is 60.0 Å². The van der Waals surface area contributed by atoms with Gasteiger partial charge in [0.15, 0.2) is 16.7 Å². The van der Waals surface area contributed by atoms with Crippen LogP contribution in [0.5, 0.6) is 11.5 Å². The first-order chi connectivity index (χ1) is 19.3. The summed E-state index contributed by atoms with van der Waals surface area (Å²) in [6, 6.07) is 25.9. The van der Waals surface area contributed by atoms with Gasteiger partial charge in [-0.3, -0.25) is 14.7 Å². The van der Waals surface area contributed by atoms with E-state index >= 15 is 0 Å². The number of aromatic nitrogens is 3. The summed E-state index contributed by atoms with van der Waals surface area (Å²) in [4.78, 5) is 11.4. The number of benzene rings is 4. The van der Waals surface area contributed by atoms with E-state index in [0.717, 1.165) is 33.2 Å². The van der Waals surface area contributed by atoms with Crippen LogP contribution in [0.2, 0.25) is 0 Å². The molecule has 0 saturated heterocycles. The highest BCUT2D eigenvalue weighted by atomic mass is 32.2. The van der Waals surface area contributed by atoms with Crippen LogP contribution in [-0.2, 0) is 6.61 Å². The maximum Gasteiger partial charge on any atom is 0.220 e. The standard InChI is InChI=1S/C31H30N4O4S/c1-20-12-14-26(16-21(20)2)35-22(3)32-33-31(35)40-30(18-34(36)37)24-13-15-28(29(17-24)38-4)39-19-25-10-7-9-23-8-5-6-11-27(23)25/h5-17,30H,18-19H2,1-4H3/t30-/m0/s1. The lowest BCUT2D eigenvalue weighted by Gasteiger charge is -2.17. The largest absolute Gasteiger partial charge is 0.493 e. The summed E-state index contributed by atoms with van der Waals surface area (Å²) in [6.45, 7) is 6.06. The monoisotopic (exact) mass is 554 g/mol. The van der Waals surface area contributed by atoms with Gasteiger partial charge >= 0.3 is 0 Å². The molecule has 0 amide bonds. The molecule has 204 valence electrons. The van der Waals surface area contributed by atoms with Crippen LogP contribution < -0.4 is 9.47 Å². The number of hydrogen-bond acceptors (Lipinski definition) is 7. The van der Waals surface area contributed by atoms with Crippen LogP contribution in [0, 0.1) is 30.9 Å². The SMILES string of the molecule is COc1cc([C@H](C[N+](=O)[O-])Sc2nnc(C)n2-c2ccc(C)c(C)c2)ccc1OCc1cccc2ccccc12. The minimum Gasteiger partial charge on any atom is -0.493 e. The summed E-state index contributed by atoms with van der Waals surface area (Å²) in [5, 5.41) is 22.7. The van der Waals surface area contributed by atoms with E-state index < -0.39 is 5.25 Å². The minimum absolute atomic E-state index is 0.289. The number of thioether (sulfide) groups is 1. The third-order valence-corrected chi connectivity index (χ3v) is 8.11. The van der Waals surface area contributed by atoms with Crippen LogP contribution >= 0.6 is 11.8 Å². The van der Waals surface area contributed by atoms with E-state index in [4.69, 9.17) is 9.47 Å². The van der Waals surface area contributed by atoms with Crippen molar-refractivity contribution in [2.24, 2.45) is 0 Å². The Morgan fingerprint density at radius 1 is 0.925 bits per heavy atom. The Labute approximate surface area is 237 Å². The first-order valence-corrected chi connectivity index (χ1v) is 13.8. The normalized spacial score (nSPS) is 11.9. The molecule has 0 fully saturated rings. The summed E-state index contributed by atoms with van der Waals surface area (Å²) in [5.41, 5.74) is 5.05. The molecule has 0 aliphatic carbocycles. The summed E-state index contributed by atoms with van der Waals surface area (Å²) in [7, 11) is 1.57. The van der Waals surface area contributed by atoms with E-state index in [1.54, 1.807) is 7.11 Å². The molecule has 5 rings (SSSR count). The Hall–Kier alpha value is -4.37. The smallest absolute Gasteiger partial charge is 0.220 e. The topological polar surface area (TPSA) is 92.3 Å². The van der Waals surface area contributed by atoms with Gasteiger partial charge in [0.25, 0.3) is 0 Å². The Balaban J connectivity index is 1.42. The predicted molar refractivity (Wildman–Crippen MR) is 157 cm³/mol. The van der Waals surface area contributed by atoms with E-state index in [-0.39, 0.29) is 11.5 Å². The van der Waals surface area contributed by atoms with Crippen molar-refractivity contribution < 1.29 is 14.4 Å². The molecular formula is C31H30N4O4S. The number of fused-ring (bicyclic) bond motifs is 1. The maximum absolute atomic E-state index is 11.7. The molecule has 40 heavy (non-hydrogen) atoms. The van der Waals surface area contributed by atoms with Crippen molar-refractivity contribution in [2.45, 2.75) is 37.8 Å². The number of aryl methyl sites for hydroxylation is 3. The number of hydrogen-bond donors (Lipinski definition) is 0. The number of ether oxygens (including phenoxy) is 2. The molecule has 5 aromatic rings. The van der Waals surface area contributed by atoms with Crippen LogP contribution in [0.3, 0.4) is 0 Å². The molecule has 4 aromatic carbocycles. The van der Waals surface area contributed by atoms with Crippen LogP contribution in [0.15, 0.2) is 84.0 Å². The van der Waals surface area contributed by atoms with Gasteiger partial charge in [0.1, 0.15) is 17.7 Å². The van der Waals surface area contributed by atoms with Crippen molar-refractivity contribution in [1.82, 2.24) is 14.8 Å². The molecule has 1 atom stereocenters. The van der Waals surface area contributed by atoms with Crippen molar-refractivity contribution >= 4 is 22.5 Å². The fraction of sp³-hybridized carbons (Fsp3) is 0.226. The summed E-state index contributed by atoms with van der Waals surface area (Å²) >= 11 is 1.31. The second-order valence-electron chi connectivity index (χ2n) is 9.59. The maximum atomic E-state index is 11.7. The Morgan fingerprint density at radius 3 is 2.50 bits per heavy atom. The van der Waals surface area contributed by atoms with Gasteiger partial charge in [-0.05, 0) is 78.1 Å². The fourth-order valence-electron chi connectivity index (χ4n) is 4.63. The molecule has 0 saturated carbocycles. The highest BCUT2D eigenvalue weighted by molar-refractivity contribution is 7.99. The molecule has 0 aliphatic heterocycles. The molecular weight excluding hydrogens is 524 g/mol. The van der Waals surface area contributed by atoms with Crippen molar-refractivity contribution in [1.29, 1.82) is 0 Å². The van der Waals surface area contributed by atoms with Crippen LogP contribution in [0.4, 0.5) is 0 Å². The van der Waals surface area contributed by atoms with Gasteiger partial charge < -0.3 is 9.47 Å². The minimum atomic E-state index is -0.523. The van der Waals surface area contributed by atoms with Gasteiger partial charge in [-0.25, -0.2) is 0 Å². The second kappa shape index (κ2) is 11.8. The Morgan fingerprint density at radius 2 is 1.73 bits per heavy atom. The highest BCUT2D eigenvalue weighted by Gasteiger charge is 2.25. The van der Waals surface area contributed by atoms with Crippen molar-refractivity contribution in [3.8, 4) is 17.2 Å². The number of rotatable bonds is 10. The molecule has 0 aliphatic rings. The lowest BCUT2D eigenvalue weighted by molar-refractivity contribution is -0.479. The fourth-order valence-corrected chi connectivity index (χ4v) is 5.80. The second-order valence-corrected chi connectivity index (χ2v) is 10.8. The lowest BCUT2D eigenvalue weighted by Crippen LogP contribution is -2.11. The van der Waals surface area contributed by atoms with E-state index in [2.05, 4.69) is 54.4 Å². The van der Waals surface area contributed by atoms with Crippen molar-refractivity contribution in [2.75, 3.05) is 13.7 Å². The van der Waals surface area contributed by atoms with Crippen molar-refractivity contribution in [3.05, 3.63) is 117 Å². The van der Waals surface area contributed by atoms with Gasteiger partial charge in [-0.1, -0.05) is 66.4 Å². The van der Waals surface area contributed by atoms with E-state index in [9.17, 15) is 10.1 Å². The highest BCUT2D eigenvalue weighted by Crippen LogP contribution is 2.40. The van der Waals surface area contributed by atoms with E-state index in [0.29, 0.717) is 29.1 Å². The summed E-state index contributed by atoms with van der Waals surface area (Å²) < 4.78 is 13.8. The Kier molecular flexibility index (Phi) is 8.02. The molecule has 9 heteroatoms. The van der Waals surface area contributed by atoms with Gasteiger partial charge in [0.05, 0.1) is 7.11 Å². The quantitative estimate of drug-likeness (QED) is 0.104. The zero-order valence-corrected chi connectivity index (χ0v) is 23.6. The molecule has 8 nitrogen and oxygen atoms in total. The number of methoxy groups -OCH3 is 1. The average Bonchev–Trinajstić information content (AvgIpc) is 3.32. The molecule has 1 heterocycles. The Bertz CT molecular complexity index is 1680. The molecule has 0 radical (unpaired) electrons. The van der Waals surface area contributed by atoms with Gasteiger partial charge in [0.2, 0.25) is 6.54 Å². The molecule has 0 bridgehead atoms. The first kappa shape index (κ1) is 27.2. The molecule has 1 aromatic heterocycles. The lowest BCUT2D eigenvalue weighted by atomic mass is 10.1. The van der Waals surface area contributed by atoms with Crippen LogP contribution in [0.25, 0.3) is 16.5 Å². The zero-order valence-electron chi connectivity index (χ0n) is 22.8. The van der Waals surface area contributed by atoms with Gasteiger partial charge in [-0.15, -0.1) is 10.2 Å². The summed E-state index contributed by atoms with van der Waals surface area (Å²) in [6.07, 6.45) is 0. The van der Waals surface area contributed by atoms with E-state index in [1.165, 1.54) is 17.3 Å².